The Labute approximate surface area is 421 Å². The van der Waals surface area contributed by atoms with Crippen molar-refractivity contribution in [3.8, 4) is 0 Å². The van der Waals surface area contributed by atoms with Crippen LogP contribution in [0.3, 0.4) is 0 Å². The normalized spacial score (nSPS) is 35.1. The summed E-state index contributed by atoms with van der Waals surface area (Å²) in [5.74, 6) is -1.89. The number of carbonyl (C=O) groups is 9. The van der Waals surface area contributed by atoms with Gasteiger partial charge in [-0.05, 0) is 120 Å². The summed E-state index contributed by atoms with van der Waals surface area (Å²) >= 11 is 0. The van der Waals surface area contributed by atoms with Crippen LogP contribution in [-0.4, -0.2) is 123 Å². The highest BCUT2D eigenvalue weighted by Gasteiger charge is 2.54. The van der Waals surface area contributed by atoms with E-state index in [9.17, 15) is 43.2 Å². The molecule has 6 saturated carbocycles. The molecule has 72 heavy (non-hydrogen) atoms. The van der Waals surface area contributed by atoms with Gasteiger partial charge in [0.2, 0.25) is 0 Å². The molecule has 6 saturated heterocycles. The van der Waals surface area contributed by atoms with Crippen LogP contribution in [0.25, 0.3) is 0 Å². The van der Waals surface area contributed by atoms with E-state index in [1.165, 1.54) is 0 Å². The van der Waals surface area contributed by atoms with Gasteiger partial charge in [0.25, 0.3) is 0 Å². The van der Waals surface area contributed by atoms with E-state index in [4.69, 9.17) is 47.4 Å². The van der Waals surface area contributed by atoms with Gasteiger partial charge < -0.3 is 47.4 Å². The molecule has 6 aliphatic carbocycles. The van der Waals surface area contributed by atoms with Crippen LogP contribution >= 0.6 is 0 Å². The first-order chi connectivity index (χ1) is 34.4. The highest BCUT2D eigenvalue weighted by Crippen LogP contribution is 2.50. The van der Waals surface area contributed by atoms with Gasteiger partial charge in [0, 0.05) is 11.8 Å². The molecule has 19 heteroatoms. The fraction of sp³-hybridized carbons (Fsp3) is 0.830. The van der Waals surface area contributed by atoms with Crippen LogP contribution in [0, 0.1) is 71.0 Å². The van der Waals surface area contributed by atoms with Crippen LogP contribution in [0.5, 0.6) is 0 Å². The summed E-state index contributed by atoms with van der Waals surface area (Å²) in [6, 6.07) is 0. The van der Waals surface area contributed by atoms with Gasteiger partial charge in [0.15, 0.2) is 19.8 Å². The quantitative estimate of drug-likeness (QED) is 0.0926. The van der Waals surface area contributed by atoms with E-state index in [-0.39, 0.29) is 103 Å². The lowest BCUT2D eigenvalue weighted by molar-refractivity contribution is -0.179. The Balaban J connectivity index is 0.000000159. The maximum Gasteiger partial charge on any atom is 0.344 e. The first-order valence-corrected chi connectivity index (χ1v) is 26.7. The summed E-state index contributed by atoms with van der Waals surface area (Å²) in [5, 5.41) is 0. The zero-order valence-corrected chi connectivity index (χ0v) is 42.8. The number of hydrogen-bond acceptors (Lipinski definition) is 19. The molecule has 0 aromatic heterocycles. The molecule has 0 spiro atoms. The molecule has 18 atom stereocenters. The van der Waals surface area contributed by atoms with Crippen molar-refractivity contribution in [3.05, 3.63) is 0 Å². The van der Waals surface area contributed by atoms with Gasteiger partial charge in [-0.25, -0.2) is 14.4 Å². The number of rotatable bonds is 18. The van der Waals surface area contributed by atoms with Gasteiger partial charge in [0.05, 0.1) is 48.2 Å². The second-order valence-corrected chi connectivity index (χ2v) is 21.9. The van der Waals surface area contributed by atoms with Gasteiger partial charge in [0.1, 0.15) is 37.1 Å². The second kappa shape index (κ2) is 24.9. The third-order valence-electron chi connectivity index (χ3n) is 16.7. The Hall–Kier alpha value is -4.81. The molecule has 19 nitrogen and oxygen atoms in total. The van der Waals surface area contributed by atoms with Crippen molar-refractivity contribution in [3.63, 3.8) is 0 Å². The van der Waals surface area contributed by atoms with Crippen LogP contribution in [0.2, 0.25) is 0 Å². The summed E-state index contributed by atoms with van der Waals surface area (Å²) in [4.78, 5) is 106. The number of fused-ring (bicyclic) bond motifs is 3. The van der Waals surface area contributed by atoms with E-state index in [0.29, 0.717) is 56.0 Å². The maximum atomic E-state index is 12.1. The Morgan fingerprint density at radius 2 is 0.778 bits per heavy atom. The highest BCUT2D eigenvalue weighted by molar-refractivity contribution is 5.80. The summed E-state index contributed by atoms with van der Waals surface area (Å²) < 4.78 is 53.4. The smallest absolute Gasteiger partial charge is 0.344 e. The van der Waals surface area contributed by atoms with Crippen molar-refractivity contribution in [1.82, 2.24) is 0 Å². The summed E-state index contributed by atoms with van der Waals surface area (Å²) in [6.07, 6.45) is 10.8. The highest BCUT2D eigenvalue weighted by atomic mass is 16.6. The molecule has 402 valence electrons. The second-order valence-electron chi connectivity index (χ2n) is 21.9. The maximum absolute atomic E-state index is 12.1. The molecule has 0 N–H and O–H groups in total. The number of hydrogen-bond donors (Lipinski definition) is 0. The van der Waals surface area contributed by atoms with Crippen molar-refractivity contribution in [2.24, 2.45) is 71.0 Å². The minimum absolute atomic E-state index is 0.0206. The van der Waals surface area contributed by atoms with Crippen LogP contribution in [0.15, 0.2) is 0 Å². The van der Waals surface area contributed by atoms with Crippen LogP contribution < -0.4 is 0 Å². The van der Waals surface area contributed by atoms with Crippen molar-refractivity contribution < 1.29 is 90.5 Å². The Morgan fingerprint density at radius 3 is 1.18 bits per heavy atom. The summed E-state index contributed by atoms with van der Waals surface area (Å²) in [7, 11) is 0. The van der Waals surface area contributed by atoms with Crippen molar-refractivity contribution in [2.75, 3.05) is 33.0 Å². The molecule has 0 amide bonds. The van der Waals surface area contributed by atoms with E-state index < -0.39 is 61.4 Å². The van der Waals surface area contributed by atoms with Gasteiger partial charge in [-0.2, -0.15) is 0 Å². The Kier molecular flexibility index (Phi) is 19.0. The van der Waals surface area contributed by atoms with Crippen LogP contribution in [0.4, 0.5) is 0 Å². The third-order valence-corrected chi connectivity index (χ3v) is 16.7. The van der Waals surface area contributed by atoms with Gasteiger partial charge in [-0.3, -0.25) is 28.8 Å². The molecule has 0 radical (unpaired) electrons. The van der Waals surface area contributed by atoms with E-state index in [1.807, 2.05) is 27.7 Å². The van der Waals surface area contributed by atoms with E-state index in [1.54, 1.807) is 13.8 Å². The molecule has 18 unspecified atom stereocenters. The van der Waals surface area contributed by atoms with Gasteiger partial charge in [-0.15, -0.1) is 0 Å². The van der Waals surface area contributed by atoms with Gasteiger partial charge in [-0.1, -0.05) is 41.5 Å². The molecule has 0 aromatic carbocycles. The first-order valence-electron chi connectivity index (χ1n) is 26.7. The van der Waals surface area contributed by atoms with E-state index >= 15 is 0 Å². The fourth-order valence-corrected chi connectivity index (χ4v) is 12.4. The largest absolute Gasteiger partial charge is 0.463 e. The minimum atomic E-state index is -0.808. The molecule has 0 aromatic rings. The molecule has 12 rings (SSSR count). The Bertz CT molecular complexity index is 1990. The molecule has 12 aliphatic rings. The third kappa shape index (κ3) is 13.9. The standard InChI is InChI=1S/C19H26O8.C17H24O6.C17H26O5/c1-3-10(2)18(22)25-8-15(20)24-9-16(21)27-17-12-4-11-5-13(7-12)19(23)26-14(17)6-11;1-3-9(2)16(19)21-8-14(18)23-15-11-4-10-5-12(7-11)17(20)22-13(15)6-10;1-3-10(2)16(18)21-5-4-20-15-12-6-11-7-13(9-12)17(19)22-14(15)8-11/h10-14,17H,3-9H2,1-2H3;9-13,15H,3-8H2,1-2H3;10-15H,3-9H2,1-2H3. The first kappa shape index (κ1) is 55.0. The lowest BCUT2D eigenvalue weighted by Crippen LogP contribution is -2.45. The summed E-state index contributed by atoms with van der Waals surface area (Å²) in [6.45, 7) is 10.2. The number of ether oxygens (including phenoxy) is 10. The minimum Gasteiger partial charge on any atom is -0.463 e. The molecular weight excluding hydrogens is 941 g/mol. The predicted molar refractivity (Wildman–Crippen MR) is 248 cm³/mol. The van der Waals surface area contributed by atoms with Crippen LogP contribution in [-0.2, 0) is 90.5 Å². The average molecular weight is 1020 g/mol. The molecular formula is C53H76O19. The average Bonchev–Trinajstić information content (AvgIpc) is 3.72. The summed E-state index contributed by atoms with van der Waals surface area (Å²) in [5.41, 5.74) is 0. The Morgan fingerprint density at radius 1 is 0.431 bits per heavy atom. The van der Waals surface area contributed by atoms with Crippen molar-refractivity contribution in [2.45, 2.75) is 174 Å². The lowest BCUT2D eigenvalue weighted by atomic mass is 9.67. The predicted octanol–water partition coefficient (Wildman–Crippen LogP) is 5.56. The molecule has 6 aliphatic heterocycles. The molecule has 6 heterocycles. The van der Waals surface area contributed by atoms with E-state index in [0.717, 1.165) is 70.6 Å². The monoisotopic (exact) mass is 1020 g/mol. The van der Waals surface area contributed by atoms with Crippen molar-refractivity contribution >= 4 is 53.7 Å². The molecule has 12 fully saturated rings. The number of esters is 9. The number of carbonyl (C=O) groups excluding carboxylic acids is 9. The van der Waals surface area contributed by atoms with E-state index in [2.05, 4.69) is 0 Å². The molecule has 12 bridgehead atoms. The van der Waals surface area contributed by atoms with Crippen LogP contribution in [0.1, 0.15) is 138 Å². The lowest BCUT2D eigenvalue weighted by Gasteiger charge is -2.41. The topological polar surface area (TPSA) is 246 Å². The van der Waals surface area contributed by atoms with Gasteiger partial charge >= 0.3 is 53.7 Å². The SMILES string of the molecule is CCC(C)C(=O)OCC(=O)OC1C2CC3CC(C2)C(=O)OC1C3.CCC(C)C(=O)OCC(=O)OCC(=O)OC1C2CC3CC(C2)C(=O)OC1C3.CCC(C)C(=O)OCCOC1C2CC3CC(C2)C(=O)OC1C3. The fourth-order valence-electron chi connectivity index (χ4n) is 12.4. The van der Waals surface area contributed by atoms with Crippen molar-refractivity contribution in [1.29, 1.82) is 0 Å². The zero-order chi connectivity index (χ0) is 51.8. The zero-order valence-electron chi connectivity index (χ0n) is 42.8.